The number of thioether (sulfide) groups is 1. The second-order valence-electron chi connectivity index (χ2n) is 8.64. The van der Waals surface area contributed by atoms with E-state index in [1.54, 1.807) is 4.90 Å². The lowest BCUT2D eigenvalue weighted by atomic mass is 10.0. The zero-order valence-corrected chi connectivity index (χ0v) is 23.1. The number of carbonyl (C=O) groups excluding carboxylic acids is 2. The molecule has 1 N–H and O–H groups in total. The number of hydrogen-bond donors (Lipinski definition) is 1. The van der Waals surface area contributed by atoms with E-state index in [4.69, 9.17) is 11.6 Å². The Kier molecular flexibility index (Phi) is 10.7. The molecular formula is C28H30BrClN2O2S. The Hall–Kier alpha value is -2.28. The van der Waals surface area contributed by atoms with Crippen molar-refractivity contribution in [3.63, 3.8) is 0 Å². The fourth-order valence-corrected chi connectivity index (χ4v) is 4.90. The highest BCUT2D eigenvalue weighted by Gasteiger charge is 2.30. The van der Waals surface area contributed by atoms with Gasteiger partial charge >= 0.3 is 0 Å². The van der Waals surface area contributed by atoms with Crippen LogP contribution in [0.4, 0.5) is 0 Å². The Morgan fingerprint density at radius 2 is 1.54 bits per heavy atom. The molecule has 2 amide bonds. The summed E-state index contributed by atoms with van der Waals surface area (Å²) in [6, 6.07) is 24.7. The second kappa shape index (κ2) is 13.7. The van der Waals surface area contributed by atoms with Crippen LogP contribution < -0.4 is 5.32 Å². The van der Waals surface area contributed by atoms with E-state index in [1.165, 1.54) is 11.8 Å². The Morgan fingerprint density at radius 1 is 0.914 bits per heavy atom. The van der Waals surface area contributed by atoms with E-state index >= 15 is 0 Å². The van der Waals surface area contributed by atoms with Crippen LogP contribution >= 0.6 is 39.3 Å². The number of benzene rings is 3. The highest BCUT2D eigenvalue weighted by Crippen LogP contribution is 2.20. The average molecular weight is 574 g/mol. The van der Waals surface area contributed by atoms with Crippen LogP contribution in [0.15, 0.2) is 83.3 Å². The molecule has 0 aliphatic carbocycles. The van der Waals surface area contributed by atoms with Gasteiger partial charge in [-0.3, -0.25) is 9.59 Å². The molecule has 3 aromatic carbocycles. The Bertz CT molecular complexity index is 1090. The van der Waals surface area contributed by atoms with Crippen molar-refractivity contribution in [2.45, 2.75) is 44.6 Å². The molecule has 0 saturated heterocycles. The summed E-state index contributed by atoms with van der Waals surface area (Å²) in [5, 5.41) is 3.71. The first kappa shape index (κ1) is 27.3. The van der Waals surface area contributed by atoms with Gasteiger partial charge in [-0.05, 0) is 54.8 Å². The standard InChI is InChI=1S/C28H30BrClN2O2S/c1-20(2)31-28(34)26(16-21-6-4-3-5-7-21)32(17-22-8-12-24(29)13-9-22)27(33)19-35-18-23-10-14-25(30)15-11-23/h3-15,20,26H,16-19H2,1-2H3,(H,31,34)/t26-/m1/s1. The van der Waals surface area contributed by atoms with Crippen molar-refractivity contribution >= 4 is 51.1 Å². The van der Waals surface area contributed by atoms with Gasteiger partial charge in [0, 0.05) is 34.3 Å². The van der Waals surface area contributed by atoms with Crippen LogP contribution in [0.1, 0.15) is 30.5 Å². The number of carbonyl (C=O) groups is 2. The first-order valence-electron chi connectivity index (χ1n) is 11.5. The van der Waals surface area contributed by atoms with Crippen LogP contribution in [0.25, 0.3) is 0 Å². The maximum Gasteiger partial charge on any atom is 0.243 e. The predicted octanol–water partition coefficient (Wildman–Crippen LogP) is 6.50. The van der Waals surface area contributed by atoms with Crippen LogP contribution in [-0.2, 0) is 28.3 Å². The van der Waals surface area contributed by atoms with E-state index in [1.807, 2.05) is 92.7 Å². The molecule has 0 heterocycles. The van der Waals surface area contributed by atoms with Crippen molar-refractivity contribution in [3.8, 4) is 0 Å². The van der Waals surface area contributed by atoms with Crippen LogP contribution in [0.5, 0.6) is 0 Å². The first-order chi connectivity index (χ1) is 16.8. The first-order valence-corrected chi connectivity index (χ1v) is 13.8. The SMILES string of the molecule is CC(C)NC(=O)[C@@H](Cc1ccccc1)N(Cc1ccc(Br)cc1)C(=O)CSCc1ccc(Cl)cc1. The zero-order valence-electron chi connectivity index (χ0n) is 19.9. The number of amides is 2. The normalized spacial score (nSPS) is 11.8. The molecule has 0 saturated carbocycles. The van der Waals surface area contributed by atoms with E-state index in [0.29, 0.717) is 23.7 Å². The van der Waals surface area contributed by atoms with Gasteiger partial charge in [0.05, 0.1) is 5.75 Å². The van der Waals surface area contributed by atoms with Crippen LogP contribution in [0.3, 0.4) is 0 Å². The smallest absolute Gasteiger partial charge is 0.243 e. The molecule has 0 aromatic heterocycles. The number of halogens is 2. The van der Waals surface area contributed by atoms with E-state index < -0.39 is 6.04 Å². The van der Waals surface area contributed by atoms with Gasteiger partial charge in [0.2, 0.25) is 11.8 Å². The monoisotopic (exact) mass is 572 g/mol. The maximum absolute atomic E-state index is 13.6. The topological polar surface area (TPSA) is 49.4 Å². The summed E-state index contributed by atoms with van der Waals surface area (Å²) in [5.74, 6) is 0.763. The Labute approximate surface area is 225 Å². The summed E-state index contributed by atoms with van der Waals surface area (Å²) in [5.41, 5.74) is 3.09. The Morgan fingerprint density at radius 3 is 2.17 bits per heavy atom. The fraction of sp³-hybridized carbons (Fsp3) is 0.286. The molecule has 0 spiro atoms. The number of rotatable bonds is 11. The number of nitrogens with zero attached hydrogens (tertiary/aromatic N) is 1. The molecule has 0 unspecified atom stereocenters. The Balaban J connectivity index is 1.83. The molecule has 0 bridgehead atoms. The maximum atomic E-state index is 13.6. The van der Waals surface area contributed by atoms with Gasteiger partial charge in [-0.2, -0.15) is 0 Å². The minimum Gasteiger partial charge on any atom is -0.352 e. The summed E-state index contributed by atoms with van der Waals surface area (Å²) in [6.07, 6.45) is 0.448. The zero-order chi connectivity index (χ0) is 25.2. The molecule has 0 aliphatic rings. The third-order valence-corrected chi connectivity index (χ3v) is 7.14. The molecule has 7 heteroatoms. The molecule has 184 valence electrons. The van der Waals surface area contributed by atoms with Crippen LogP contribution in [-0.4, -0.2) is 34.6 Å². The molecule has 4 nitrogen and oxygen atoms in total. The van der Waals surface area contributed by atoms with Crippen LogP contribution in [0.2, 0.25) is 5.02 Å². The summed E-state index contributed by atoms with van der Waals surface area (Å²) in [7, 11) is 0. The van der Waals surface area contributed by atoms with Crippen molar-refractivity contribution in [2.75, 3.05) is 5.75 Å². The lowest BCUT2D eigenvalue weighted by Gasteiger charge is -2.32. The minimum absolute atomic E-state index is 0.0234. The van der Waals surface area contributed by atoms with Gasteiger partial charge in [0.15, 0.2) is 0 Å². The van der Waals surface area contributed by atoms with E-state index in [0.717, 1.165) is 21.2 Å². The van der Waals surface area contributed by atoms with Gasteiger partial charge in [-0.1, -0.05) is 82.1 Å². The van der Waals surface area contributed by atoms with Gasteiger partial charge in [-0.25, -0.2) is 0 Å². The van der Waals surface area contributed by atoms with Crippen LogP contribution in [0, 0.1) is 0 Å². The van der Waals surface area contributed by atoms with E-state index in [-0.39, 0.29) is 23.6 Å². The molecule has 1 atom stereocenters. The molecule has 0 aliphatic heterocycles. The summed E-state index contributed by atoms with van der Waals surface area (Å²) in [4.78, 5) is 28.6. The molecule has 0 radical (unpaired) electrons. The lowest BCUT2D eigenvalue weighted by molar-refractivity contribution is -0.139. The lowest BCUT2D eigenvalue weighted by Crippen LogP contribution is -2.52. The molecule has 3 rings (SSSR count). The molecule has 3 aromatic rings. The van der Waals surface area contributed by atoms with E-state index in [9.17, 15) is 9.59 Å². The predicted molar refractivity (Wildman–Crippen MR) is 150 cm³/mol. The van der Waals surface area contributed by atoms with Crippen molar-refractivity contribution in [3.05, 3.63) is 105 Å². The third kappa shape index (κ3) is 9.02. The summed E-state index contributed by atoms with van der Waals surface area (Å²) in [6.45, 7) is 4.22. The van der Waals surface area contributed by atoms with Crippen molar-refractivity contribution in [2.24, 2.45) is 0 Å². The molecular weight excluding hydrogens is 544 g/mol. The van der Waals surface area contributed by atoms with E-state index in [2.05, 4.69) is 21.2 Å². The highest BCUT2D eigenvalue weighted by molar-refractivity contribution is 9.10. The molecule has 0 fully saturated rings. The van der Waals surface area contributed by atoms with Gasteiger partial charge in [-0.15, -0.1) is 11.8 Å². The number of nitrogens with one attached hydrogen (secondary N) is 1. The average Bonchev–Trinajstić information content (AvgIpc) is 2.84. The fourth-order valence-electron chi connectivity index (χ4n) is 3.64. The van der Waals surface area contributed by atoms with Gasteiger partial charge in [0.25, 0.3) is 0 Å². The number of hydrogen-bond acceptors (Lipinski definition) is 3. The second-order valence-corrected chi connectivity index (χ2v) is 11.0. The van der Waals surface area contributed by atoms with Crippen molar-refractivity contribution in [1.82, 2.24) is 10.2 Å². The quantitative estimate of drug-likeness (QED) is 0.285. The largest absolute Gasteiger partial charge is 0.352 e. The van der Waals surface area contributed by atoms with Crippen molar-refractivity contribution in [1.29, 1.82) is 0 Å². The van der Waals surface area contributed by atoms with Gasteiger partial charge in [0.1, 0.15) is 6.04 Å². The summed E-state index contributed by atoms with van der Waals surface area (Å²) < 4.78 is 0.969. The molecule has 35 heavy (non-hydrogen) atoms. The van der Waals surface area contributed by atoms with Gasteiger partial charge < -0.3 is 10.2 Å². The highest BCUT2D eigenvalue weighted by atomic mass is 79.9. The summed E-state index contributed by atoms with van der Waals surface area (Å²) >= 11 is 11.0. The minimum atomic E-state index is -0.618. The van der Waals surface area contributed by atoms with Crippen molar-refractivity contribution < 1.29 is 9.59 Å². The third-order valence-electron chi connectivity index (χ3n) is 5.38.